The number of carbonyl (C=O) groups is 1. The topological polar surface area (TPSA) is 38.3 Å². The highest BCUT2D eigenvalue weighted by molar-refractivity contribution is 5.76. The predicted octanol–water partition coefficient (Wildman–Crippen LogP) is 1.86. The molecule has 3 nitrogen and oxygen atoms in total. The van der Waals surface area contributed by atoms with Crippen molar-refractivity contribution >= 4 is 5.78 Å². The highest BCUT2D eigenvalue weighted by Crippen LogP contribution is 2.29. The maximum absolute atomic E-state index is 11.2. The number of carbonyl (C=O) groups excluding carboxylic acids is 1. The van der Waals surface area contributed by atoms with Crippen LogP contribution in [0.15, 0.2) is 18.2 Å². The highest BCUT2D eigenvalue weighted by atomic mass is 16.5. The van der Waals surface area contributed by atoms with Crippen LogP contribution in [0.5, 0.6) is 5.75 Å². The minimum absolute atomic E-state index is 0.114. The van der Waals surface area contributed by atoms with Crippen LogP contribution in [-0.4, -0.2) is 19.4 Å². The molecule has 1 aliphatic heterocycles. The first kappa shape index (κ1) is 11.1. The van der Waals surface area contributed by atoms with Crippen LogP contribution in [0.1, 0.15) is 30.5 Å². The lowest BCUT2D eigenvalue weighted by Gasteiger charge is -2.15. The molecule has 0 aliphatic carbocycles. The van der Waals surface area contributed by atoms with Crippen molar-refractivity contribution in [3.63, 3.8) is 0 Å². The van der Waals surface area contributed by atoms with Gasteiger partial charge in [-0.15, -0.1) is 0 Å². The molecule has 0 amide bonds. The zero-order valence-electron chi connectivity index (χ0n) is 9.75. The Labute approximate surface area is 95.8 Å². The average molecular weight is 219 g/mol. The Bertz CT molecular complexity index is 401. The third-order valence-electron chi connectivity index (χ3n) is 2.96. The van der Waals surface area contributed by atoms with Gasteiger partial charge in [-0.2, -0.15) is 0 Å². The zero-order valence-corrected chi connectivity index (χ0v) is 9.75. The van der Waals surface area contributed by atoms with Crippen molar-refractivity contribution in [3.05, 3.63) is 29.3 Å². The van der Waals surface area contributed by atoms with Gasteiger partial charge in [0.15, 0.2) is 0 Å². The molecule has 3 heteroatoms. The van der Waals surface area contributed by atoms with E-state index < -0.39 is 0 Å². The molecule has 0 bridgehead atoms. The molecule has 16 heavy (non-hydrogen) atoms. The Morgan fingerprint density at radius 2 is 2.38 bits per heavy atom. The van der Waals surface area contributed by atoms with E-state index in [9.17, 15) is 4.79 Å². The van der Waals surface area contributed by atoms with Crippen molar-refractivity contribution in [2.45, 2.75) is 25.8 Å². The van der Waals surface area contributed by atoms with Gasteiger partial charge in [-0.3, -0.25) is 4.79 Å². The number of Topliss-reactive ketones (excluding diaryl/α,β-unsaturated/α-hetero) is 1. The molecule has 1 N–H and O–H groups in total. The minimum atomic E-state index is 0.114. The molecule has 1 aliphatic rings. The molecule has 0 spiro atoms. The van der Waals surface area contributed by atoms with Gasteiger partial charge in [0.05, 0.1) is 6.61 Å². The summed E-state index contributed by atoms with van der Waals surface area (Å²) in [6.45, 7) is 2.40. The second-order valence-corrected chi connectivity index (χ2v) is 4.21. The van der Waals surface area contributed by atoms with Gasteiger partial charge < -0.3 is 10.1 Å². The van der Waals surface area contributed by atoms with E-state index in [1.165, 1.54) is 11.1 Å². The molecule has 0 radical (unpaired) electrons. The lowest BCUT2D eigenvalue weighted by Crippen LogP contribution is -2.19. The average Bonchev–Trinajstić information content (AvgIpc) is 2.72. The van der Waals surface area contributed by atoms with Crippen LogP contribution in [0.2, 0.25) is 0 Å². The van der Waals surface area contributed by atoms with Crippen LogP contribution in [0.4, 0.5) is 0 Å². The van der Waals surface area contributed by atoms with Gasteiger partial charge in [0.2, 0.25) is 0 Å². The van der Waals surface area contributed by atoms with E-state index in [1.54, 1.807) is 6.92 Å². The summed E-state index contributed by atoms with van der Waals surface area (Å²) >= 11 is 0. The Hall–Kier alpha value is -1.35. The monoisotopic (exact) mass is 219 g/mol. The first-order valence-electron chi connectivity index (χ1n) is 5.63. The molecule has 0 aromatic heterocycles. The highest BCUT2D eigenvalue weighted by Gasteiger charge is 2.16. The van der Waals surface area contributed by atoms with Crippen LogP contribution in [-0.2, 0) is 11.2 Å². The third-order valence-corrected chi connectivity index (χ3v) is 2.96. The Morgan fingerprint density at radius 1 is 1.56 bits per heavy atom. The normalized spacial score (nSPS) is 15.4. The quantitative estimate of drug-likeness (QED) is 0.840. The molecular formula is C13H17NO2. The molecule has 86 valence electrons. The van der Waals surface area contributed by atoms with Crippen molar-refractivity contribution in [3.8, 4) is 5.75 Å². The number of nitrogens with one attached hydrogen (secondary N) is 1. The smallest absolute Gasteiger partial charge is 0.131 e. The number of benzene rings is 1. The molecule has 0 fully saturated rings. The Balaban J connectivity index is 2.21. The molecule has 1 atom stereocenters. The van der Waals surface area contributed by atoms with E-state index in [0.29, 0.717) is 6.42 Å². The second kappa shape index (κ2) is 4.66. The van der Waals surface area contributed by atoms with Gasteiger partial charge in [0, 0.05) is 18.9 Å². The van der Waals surface area contributed by atoms with Crippen LogP contribution in [0.25, 0.3) is 0 Å². The maximum Gasteiger partial charge on any atom is 0.131 e. The van der Waals surface area contributed by atoms with E-state index in [0.717, 1.165) is 18.8 Å². The molecule has 1 aromatic rings. The Morgan fingerprint density at radius 3 is 3.06 bits per heavy atom. The first-order valence-corrected chi connectivity index (χ1v) is 5.63. The van der Waals surface area contributed by atoms with Crippen molar-refractivity contribution in [2.24, 2.45) is 0 Å². The van der Waals surface area contributed by atoms with Crippen LogP contribution >= 0.6 is 0 Å². The third kappa shape index (κ3) is 2.25. The van der Waals surface area contributed by atoms with Gasteiger partial charge in [-0.05, 0) is 31.2 Å². The second-order valence-electron chi connectivity index (χ2n) is 4.21. The Kier molecular flexibility index (Phi) is 3.25. The summed E-state index contributed by atoms with van der Waals surface area (Å²) in [4.78, 5) is 11.2. The summed E-state index contributed by atoms with van der Waals surface area (Å²) in [6, 6.07) is 6.30. The standard InChI is InChI=1S/C13H17NO2/c1-9(15)7-12(14-2)10-3-4-13-11(8-10)5-6-16-13/h3-4,8,12,14H,5-7H2,1-2H3. The van der Waals surface area contributed by atoms with Crippen molar-refractivity contribution < 1.29 is 9.53 Å². The molecule has 1 heterocycles. The van der Waals surface area contributed by atoms with E-state index in [2.05, 4.69) is 11.4 Å². The van der Waals surface area contributed by atoms with E-state index in [1.807, 2.05) is 19.2 Å². The van der Waals surface area contributed by atoms with Gasteiger partial charge in [0.1, 0.15) is 11.5 Å². The lowest BCUT2D eigenvalue weighted by molar-refractivity contribution is -0.117. The summed E-state index contributed by atoms with van der Waals surface area (Å²) in [5, 5.41) is 3.18. The molecule has 1 unspecified atom stereocenters. The van der Waals surface area contributed by atoms with E-state index in [4.69, 9.17) is 4.74 Å². The van der Waals surface area contributed by atoms with Crippen LogP contribution < -0.4 is 10.1 Å². The van der Waals surface area contributed by atoms with Crippen molar-refractivity contribution in [1.29, 1.82) is 0 Å². The molecule has 2 rings (SSSR count). The van der Waals surface area contributed by atoms with Gasteiger partial charge in [-0.1, -0.05) is 12.1 Å². The van der Waals surface area contributed by atoms with Crippen LogP contribution in [0.3, 0.4) is 0 Å². The van der Waals surface area contributed by atoms with Crippen LogP contribution in [0, 0.1) is 0 Å². The van der Waals surface area contributed by atoms with Crippen molar-refractivity contribution in [2.75, 3.05) is 13.7 Å². The number of hydrogen-bond acceptors (Lipinski definition) is 3. The predicted molar refractivity (Wildman–Crippen MR) is 62.7 cm³/mol. The molecular weight excluding hydrogens is 202 g/mol. The molecule has 1 aromatic carbocycles. The molecule has 0 saturated carbocycles. The molecule has 0 saturated heterocycles. The summed E-state index contributed by atoms with van der Waals surface area (Å²) in [7, 11) is 1.89. The van der Waals surface area contributed by atoms with Gasteiger partial charge in [0.25, 0.3) is 0 Å². The zero-order chi connectivity index (χ0) is 11.5. The fraction of sp³-hybridized carbons (Fsp3) is 0.462. The lowest BCUT2D eigenvalue weighted by atomic mass is 9.99. The number of hydrogen-bond donors (Lipinski definition) is 1. The summed E-state index contributed by atoms with van der Waals surface area (Å²) < 4.78 is 5.46. The SMILES string of the molecule is CNC(CC(C)=O)c1ccc2c(c1)CCO2. The first-order chi connectivity index (χ1) is 7.70. The fourth-order valence-electron chi connectivity index (χ4n) is 2.10. The van der Waals surface area contributed by atoms with Crippen molar-refractivity contribution in [1.82, 2.24) is 5.32 Å². The largest absolute Gasteiger partial charge is 0.493 e. The minimum Gasteiger partial charge on any atom is -0.493 e. The number of ether oxygens (including phenoxy) is 1. The number of fused-ring (bicyclic) bond motifs is 1. The van der Waals surface area contributed by atoms with Gasteiger partial charge in [-0.25, -0.2) is 0 Å². The van der Waals surface area contributed by atoms with Gasteiger partial charge >= 0.3 is 0 Å². The van der Waals surface area contributed by atoms with E-state index >= 15 is 0 Å². The fourth-order valence-corrected chi connectivity index (χ4v) is 2.10. The summed E-state index contributed by atoms with van der Waals surface area (Å²) in [5.41, 5.74) is 2.42. The summed E-state index contributed by atoms with van der Waals surface area (Å²) in [6.07, 6.45) is 1.51. The number of rotatable bonds is 4. The van der Waals surface area contributed by atoms with E-state index in [-0.39, 0.29) is 11.8 Å². The summed E-state index contributed by atoms with van der Waals surface area (Å²) in [5.74, 6) is 1.19. The number of ketones is 1. The maximum atomic E-state index is 11.2.